The van der Waals surface area contributed by atoms with E-state index in [9.17, 15) is 107 Å². The molecule has 0 bridgehead atoms. The summed E-state index contributed by atoms with van der Waals surface area (Å²) in [5.74, 6) is -21.4. The van der Waals surface area contributed by atoms with Crippen molar-refractivity contribution in [2.75, 3.05) is 39.3 Å². The highest BCUT2D eigenvalue weighted by molar-refractivity contribution is 6.01. The smallest absolute Gasteiger partial charge is 0.326 e. The number of aliphatic carboxylic acids is 2. The number of amides is 16. The first-order valence-corrected chi connectivity index (χ1v) is 33.5. The standard InChI is InChI=1S/C62H99N23O22/c1-28(2)20-33(63)50(96)80-38(22-43(65)89)53(99)78-35(9-6-18-72-62(69)70)52(98)83-40(24-48(94)95)55(101)79-34(8-5-17-71-61(67)68)51(97)82-39(23-44(66)90)54(100)81-37(21-31-11-13-32(87)14-12-31)56(102)84-49(30(4)86)58(104)76-29(3)59(105)85-19-7-10-41(85)57(103)75-26-46(92)73-25-45(91)74-27-47(93)77-36(60(106)107)15-16-42(64)88/h11-14,28-30,33-41,49,86-87H,5-10,15-27,63H2,1-4H3,(H2,64,88)(H2,65,89)(H2,66,90)(H,73,92)(H,74,91)(H,75,103)(H,76,104)(H,77,93)(H,78,99)(H,79,101)(H,80,96)(H,81,100)(H,82,97)(H,83,98)(H,84,102)(H,94,95)(H,106,107)(H4,67,68,71)(H4,69,70,72)/t29-,30+,33-,34-,35-,36-,37-,38-,39-,40-,41-,49-/m0/s1. The van der Waals surface area contributed by atoms with E-state index >= 15 is 0 Å². The Morgan fingerprint density at radius 2 is 0.944 bits per heavy atom. The number of hydrogen-bond donors (Lipinski definition) is 24. The number of carboxylic acids is 2. The Morgan fingerprint density at radius 3 is 1.39 bits per heavy atom. The highest BCUT2D eigenvalue weighted by atomic mass is 16.4. The minimum absolute atomic E-state index is 0.0246. The molecular formula is C62H99N23O22. The number of benzene rings is 1. The molecule has 1 heterocycles. The summed E-state index contributed by atoms with van der Waals surface area (Å²) in [5.41, 5.74) is 44.0. The topological polar surface area (TPSA) is 769 Å². The van der Waals surface area contributed by atoms with Gasteiger partial charge in [-0.2, -0.15) is 0 Å². The van der Waals surface area contributed by atoms with Gasteiger partial charge in [-0.3, -0.25) is 91.5 Å². The summed E-state index contributed by atoms with van der Waals surface area (Å²) in [4.78, 5) is 245. The van der Waals surface area contributed by atoms with Crippen molar-refractivity contribution in [3.05, 3.63) is 29.8 Å². The third-order valence-electron chi connectivity index (χ3n) is 15.6. The second-order valence-electron chi connectivity index (χ2n) is 25.2. The third-order valence-corrected chi connectivity index (χ3v) is 15.6. The second-order valence-corrected chi connectivity index (χ2v) is 25.2. The molecule has 0 saturated carbocycles. The molecule has 1 aliphatic heterocycles. The fraction of sp³-hybridized carbons (Fsp3) is 0.581. The van der Waals surface area contributed by atoms with Crippen molar-refractivity contribution in [1.82, 2.24) is 68.7 Å². The molecule has 107 heavy (non-hydrogen) atoms. The van der Waals surface area contributed by atoms with Crippen LogP contribution in [-0.2, 0) is 92.7 Å². The maximum absolute atomic E-state index is 14.4. The van der Waals surface area contributed by atoms with E-state index < -0.39 is 237 Å². The second kappa shape index (κ2) is 45.9. The number of hydrogen-bond acceptors (Lipinski definition) is 23. The summed E-state index contributed by atoms with van der Waals surface area (Å²) in [5, 5.41) is 67.4. The molecule has 1 aliphatic rings. The van der Waals surface area contributed by atoms with Crippen molar-refractivity contribution in [2.45, 2.75) is 184 Å². The number of primary amides is 3. The average Bonchev–Trinajstić information content (AvgIpc) is 1.81. The first-order valence-electron chi connectivity index (χ1n) is 33.5. The summed E-state index contributed by atoms with van der Waals surface area (Å²) >= 11 is 0. The van der Waals surface area contributed by atoms with E-state index in [1.54, 1.807) is 13.8 Å². The molecule has 45 nitrogen and oxygen atoms in total. The Morgan fingerprint density at radius 1 is 0.505 bits per heavy atom. The van der Waals surface area contributed by atoms with Crippen LogP contribution >= 0.6 is 0 Å². The van der Waals surface area contributed by atoms with Crippen LogP contribution in [0.25, 0.3) is 0 Å². The van der Waals surface area contributed by atoms with Gasteiger partial charge in [0.2, 0.25) is 94.5 Å². The quantitative estimate of drug-likeness (QED) is 0.0164. The van der Waals surface area contributed by atoms with E-state index in [1.165, 1.54) is 31.2 Å². The Labute approximate surface area is 612 Å². The zero-order chi connectivity index (χ0) is 80.9. The van der Waals surface area contributed by atoms with Gasteiger partial charge in [-0.25, -0.2) is 4.79 Å². The molecule has 12 atom stereocenters. The van der Waals surface area contributed by atoms with Crippen molar-refractivity contribution in [2.24, 2.45) is 61.8 Å². The van der Waals surface area contributed by atoms with Gasteiger partial charge in [0.25, 0.3) is 0 Å². The summed E-state index contributed by atoms with van der Waals surface area (Å²) in [6.45, 7) is 3.32. The normalized spacial score (nSPS) is 15.4. The van der Waals surface area contributed by atoms with Crippen LogP contribution in [0.15, 0.2) is 34.3 Å². The molecule has 0 aromatic heterocycles. The molecule has 1 fully saturated rings. The molecule has 0 unspecified atom stereocenters. The zero-order valence-corrected chi connectivity index (χ0v) is 59.3. The zero-order valence-electron chi connectivity index (χ0n) is 59.3. The van der Waals surface area contributed by atoms with E-state index in [4.69, 9.17) is 45.9 Å². The van der Waals surface area contributed by atoms with E-state index in [-0.39, 0.29) is 94.2 Å². The lowest BCUT2D eigenvalue weighted by molar-refractivity contribution is -0.142. The summed E-state index contributed by atoms with van der Waals surface area (Å²) < 4.78 is 0. The Balaban J connectivity index is 2.41. The lowest BCUT2D eigenvalue weighted by Crippen LogP contribution is -2.62. The van der Waals surface area contributed by atoms with Crippen molar-refractivity contribution >= 4 is 118 Å². The number of guanidine groups is 2. The van der Waals surface area contributed by atoms with Crippen molar-refractivity contribution < 1.29 is 107 Å². The Kier molecular flexibility index (Phi) is 39.1. The Hall–Kier alpha value is -12.1. The minimum Gasteiger partial charge on any atom is -0.508 e. The van der Waals surface area contributed by atoms with Gasteiger partial charge >= 0.3 is 11.9 Å². The van der Waals surface area contributed by atoms with Crippen LogP contribution in [-0.4, -0.2) is 256 Å². The summed E-state index contributed by atoms with van der Waals surface area (Å²) in [6.07, 6.45) is -6.46. The number of aliphatic hydroxyl groups excluding tert-OH is 1. The molecule has 45 heteroatoms. The number of phenols is 1. The molecule has 594 valence electrons. The van der Waals surface area contributed by atoms with E-state index in [0.29, 0.717) is 0 Å². The maximum Gasteiger partial charge on any atom is 0.326 e. The highest BCUT2D eigenvalue weighted by Crippen LogP contribution is 2.19. The number of carbonyl (C=O) groups excluding carboxylic acids is 16. The first-order chi connectivity index (χ1) is 50.1. The van der Waals surface area contributed by atoms with Gasteiger partial charge in [0.05, 0.1) is 51.0 Å². The van der Waals surface area contributed by atoms with E-state index in [0.717, 1.165) is 11.8 Å². The molecule has 1 aromatic rings. The lowest BCUT2D eigenvalue weighted by Gasteiger charge is -2.29. The number of carboxylic acid groups (broad SMARTS) is 2. The van der Waals surface area contributed by atoms with Crippen LogP contribution in [0.1, 0.15) is 110 Å². The number of phenolic OH excluding ortho intramolecular Hbond substituents is 1. The molecule has 1 saturated heterocycles. The summed E-state index contributed by atoms with van der Waals surface area (Å²) in [7, 11) is 0. The fourth-order valence-corrected chi connectivity index (χ4v) is 10.2. The van der Waals surface area contributed by atoms with Crippen LogP contribution in [0.4, 0.5) is 0 Å². The van der Waals surface area contributed by atoms with Crippen molar-refractivity contribution in [3.63, 3.8) is 0 Å². The molecular weight excluding hydrogens is 1420 g/mol. The number of nitrogens with two attached hydrogens (primary N) is 8. The van der Waals surface area contributed by atoms with Gasteiger partial charge < -0.3 is 135 Å². The van der Waals surface area contributed by atoms with Gasteiger partial charge in [0.1, 0.15) is 66.2 Å². The Bertz CT molecular complexity index is 3420. The highest BCUT2D eigenvalue weighted by Gasteiger charge is 2.40. The van der Waals surface area contributed by atoms with Crippen LogP contribution in [0.2, 0.25) is 0 Å². The number of likely N-dealkylation sites (tertiary alicyclic amines) is 1. The summed E-state index contributed by atoms with van der Waals surface area (Å²) in [6, 6.07) is -13.4. The van der Waals surface area contributed by atoms with Gasteiger partial charge in [-0.15, -0.1) is 0 Å². The molecule has 1 aromatic carbocycles. The number of aromatic hydroxyl groups is 1. The average molecular weight is 1520 g/mol. The predicted octanol–water partition coefficient (Wildman–Crippen LogP) is -11.9. The predicted molar refractivity (Wildman–Crippen MR) is 373 cm³/mol. The van der Waals surface area contributed by atoms with E-state index in [2.05, 4.69) is 73.8 Å². The first kappa shape index (κ1) is 91.0. The molecule has 0 aliphatic carbocycles. The van der Waals surface area contributed by atoms with Gasteiger partial charge in [0, 0.05) is 32.5 Å². The van der Waals surface area contributed by atoms with Gasteiger partial charge in [0.15, 0.2) is 11.9 Å². The minimum atomic E-state index is -2.10. The lowest BCUT2D eigenvalue weighted by atomic mass is 10.0. The maximum atomic E-state index is 14.4. The van der Waals surface area contributed by atoms with Gasteiger partial charge in [-0.05, 0) is 88.8 Å². The van der Waals surface area contributed by atoms with Crippen LogP contribution in [0, 0.1) is 5.92 Å². The monoisotopic (exact) mass is 1520 g/mol. The molecule has 2 rings (SSSR count). The van der Waals surface area contributed by atoms with Gasteiger partial charge in [-0.1, -0.05) is 26.0 Å². The largest absolute Gasteiger partial charge is 0.508 e. The third kappa shape index (κ3) is 35.3. The number of aliphatic hydroxyl groups is 1. The van der Waals surface area contributed by atoms with Crippen molar-refractivity contribution in [1.29, 1.82) is 0 Å². The molecule has 16 amide bonds. The number of aliphatic imine (C=N–C) groups is 2. The van der Waals surface area contributed by atoms with Crippen LogP contribution in [0.5, 0.6) is 5.75 Å². The number of nitrogens with zero attached hydrogens (tertiary/aromatic N) is 3. The molecule has 0 radical (unpaired) electrons. The number of nitrogens with one attached hydrogen (secondary N) is 12. The van der Waals surface area contributed by atoms with E-state index in [1.807, 2.05) is 0 Å². The fourth-order valence-electron chi connectivity index (χ4n) is 10.2. The molecule has 32 N–H and O–H groups in total. The van der Waals surface area contributed by atoms with Crippen LogP contribution in [0.3, 0.4) is 0 Å². The van der Waals surface area contributed by atoms with Crippen molar-refractivity contribution in [3.8, 4) is 5.75 Å². The number of rotatable bonds is 48. The SMILES string of the molecule is CC(C)C[C@H](N)C(=O)N[C@@H](CC(N)=O)C(=O)N[C@@H](CCCN=C(N)N)C(=O)N[C@@H](CC(=O)O)C(=O)N[C@@H](CCCN=C(N)N)C(=O)N[C@@H](CC(N)=O)C(=O)N[C@@H](Cc1ccc(O)cc1)C(=O)N[C@H](C(=O)N[C@@H](C)C(=O)N1CCC[C@H]1C(=O)NCC(=O)NCC(=O)NCC(=O)N[C@@H](CCC(N)=O)C(=O)O)[C@@H](C)O. The molecule has 0 spiro atoms. The number of carbonyl (C=O) groups is 18. The van der Waals surface area contributed by atoms with Crippen LogP contribution < -0.4 is 110 Å².